The summed E-state index contributed by atoms with van der Waals surface area (Å²) in [6, 6.07) is 1.62. The monoisotopic (exact) mass is 179 g/mol. The highest BCUT2D eigenvalue weighted by Crippen LogP contribution is 2.16. The fourth-order valence-corrected chi connectivity index (χ4v) is 0.972. The molecule has 0 fully saturated rings. The van der Waals surface area contributed by atoms with Gasteiger partial charge in [0.1, 0.15) is 0 Å². The van der Waals surface area contributed by atoms with Gasteiger partial charge in [-0.15, -0.1) is 5.10 Å². The van der Waals surface area contributed by atoms with E-state index < -0.39 is 0 Å². The first-order valence-corrected chi connectivity index (χ1v) is 3.57. The molecule has 0 saturated carbocycles. The van der Waals surface area contributed by atoms with Gasteiger partial charge in [-0.2, -0.15) is 14.5 Å². The second kappa shape index (κ2) is 2.89. The van der Waals surface area contributed by atoms with E-state index in [0.717, 1.165) is 0 Å². The van der Waals surface area contributed by atoms with Gasteiger partial charge in [-0.1, -0.05) is 0 Å². The van der Waals surface area contributed by atoms with Gasteiger partial charge in [-0.3, -0.25) is 0 Å². The third kappa shape index (κ3) is 1.16. The second-order valence-electron chi connectivity index (χ2n) is 2.26. The molecule has 0 bridgehead atoms. The molecule has 13 heavy (non-hydrogen) atoms. The molecule has 0 N–H and O–H groups in total. The van der Waals surface area contributed by atoms with E-state index in [1.165, 1.54) is 18.7 Å². The average Bonchev–Trinajstić information content (AvgIpc) is 2.63. The highest BCUT2D eigenvalue weighted by atomic mass is 16.5. The number of hydrogen-bond donors (Lipinski definition) is 0. The summed E-state index contributed by atoms with van der Waals surface area (Å²) in [5.74, 6) is 1.34. The van der Waals surface area contributed by atoms with E-state index in [-0.39, 0.29) is 0 Å². The lowest BCUT2D eigenvalue weighted by Gasteiger charge is -2.03. The fraction of sp³-hybridized carbons (Fsp3) is 0.286. The molecule has 0 aliphatic heterocycles. The van der Waals surface area contributed by atoms with Crippen LogP contribution in [0, 0.1) is 6.33 Å². The Morgan fingerprint density at radius 3 is 2.92 bits per heavy atom. The molecule has 0 saturated heterocycles. The van der Waals surface area contributed by atoms with Crippen molar-refractivity contribution in [2.45, 2.75) is 0 Å². The van der Waals surface area contributed by atoms with Crippen LogP contribution in [0.2, 0.25) is 0 Å². The molecule has 0 atom stereocenters. The summed E-state index contributed by atoms with van der Waals surface area (Å²) in [4.78, 5) is 7.81. The van der Waals surface area contributed by atoms with Crippen LogP contribution in [0.3, 0.4) is 0 Å². The molecule has 0 unspecified atom stereocenters. The molecular formula is C7H7N4O2. The average molecular weight is 179 g/mol. The summed E-state index contributed by atoms with van der Waals surface area (Å²) in [5.41, 5.74) is 0. The standard InChI is InChI=1S/C7H7N4O2/c1-12-5-3-6(13-2)11-7(10-5)8-4-9-11/h3H,1-2H3. The molecule has 2 aromatic rings. The SMILES string of the molecule is COc1cc(OC)n2n[c]nc2n1. The zero-order valence-corrected chi connectivity index (χ0v) is 7.18. The Morgan fingerprint density at radius 2 is 2.23 bits per heavy atom. The van der Waals surface area contributed by atoms with Crippen molar-refractivity contribution in [1.82, 2.24) is 19.6 Å². The molecular weight excluding hydrogens is 172 g/mol. The minimum atomic E-state index is 0.399. The molecule has 6 heteroatoms. The summed E-state index contributed by atoms with van der Waals surface area (Å²) in [7, 11) is 3.06. The van der Waals surface area contributed by atoms with Crippen LogP contribution in [0.5, 0.6) is 11.8 Å². The Labute approximate surface area is 74.1 Å². The Bertz CT molecular complexity index is 425. The Morgan fingerprint density at radius 1 is 1.38 bits per heavy atom. The van der Waals surface area contributed by atoms with Crippen LogP contribution >= 0.6 is 0 Å². The molecule has 0 aliphatic rings. The predicted octanol–water partition coefficient (Wildman–Crippen LogP) is -0.0583. The number of nitrogens with zero attached hydrogens (tertiary/aromatic N) is 4. The minimum absolute atomic E-state index is 0.399. The fourth-order valence-electron chi connectivity index (χ4n) is 0.972. The number of ether oxygens (including phenoxy) is 2. The van der Waals surface area contributed by atoms with Gasteiger partial charge in [0.25, 0.3) is 5.78 Å². The number of aromatic nitrogens is 4. The molecule has 67 valence electrons. The van der Waals surface area contributed by atoms with E-state index in [1.807, 2.05) is 0 Å². The summed E-state index contributed by atoms with van der Waals surface area (Å²) >= 11 is 0. The Kier molecular flexibility index (Phi) is 1.73. The van der Waals surface area contributed by atoms with Crippen molar-refractivity contribution >= 4 is 5.78 Å². The van der Waals surface area contributed by atoms with Crippen molar-refractivity contribution in [1.29, 1.82) is 0 Å². The minimum Gasteiger partial charge on any atom is -0.481 e. The van der Waals surface area contributed by atoms with E-state index in [9.17, 15) is 0 Å². The first-order valence-electron chi connectivity index (χ1n) is 3.57. The van der Waals surface area contributed by atoms with Crippen LogP contribution in [0.4, 0.5) is 0 Å². The third-order valence-electron chi connectivity index (χ3n) is 1.57. The number of rotatable bonds is 2. The zero-order valence-electron chi connectivity index (χ0n) is 7.18. The van der Waals surface area contributed by atoms with Crippen LogP contribution in [0.1, 0.15) is 0 Å². The molecule has 0 aromatic carbocycles. The summed E-state index contributed by atoms with van der Waals surface area (Å²) in [5, 5.41) is 3.80. The van der Waals surface area contributed by atoms with Gasteiger partial charge in [0.05, 0.1) is 20.3 Å². The lowest BCUT2D eigenvalue weighted by Crippen LogP contribution is -1.99. The molecule has 0 spiro atoms. The molecule has 0 aliphatic carbocycles. The van der Waals surface area contributed by atoms with E-state index in [4.69, 9.17) is 9.47 Å². The number of methoxy groups -OCH3 is 2. The van der Waals surface area contributed by atoms with E-state index in [0.29, 0.717) is 17.5 Å². The summed E-state index contributed by atoms with van der Waals surface area (Å²) < 4.78 is 11.4. The lowest BCUT2D eigenvalue weighted by molar-refractivity contribution is 0.365. The van der Waals surface area contributed by atoms with E-state index >= 15 is 0 Å². The van der Waals surface area contributed by atoms with E-state index in [2.05, 4.69) is 21.4 Å². The maximum Gasteiger partial charge on any atom is 0.259 e. The van der Waals surface area contributed by atoms with Gasteiger partial charge in [0, 0.05) is 0 Å². The smallest absolute Gasteiger partial charge is 0.259 e. The first kappa shape index (κ1) is 7.78. The summed E-state index contributed by atoms with van der Waals surface area (Å²) in [6.07, 6.45) is 2.43. The molecule has 2 rings (SSSR count). The molecule has 0 amide bonds. The van der Waals surface area contributed by atoms with Gasteiger partial charge in [-0.05, 0) is 0 Å². The quantitative estimate of drug-likeness (QED) is 0.646. The molecule has 1 radical (unpaired) electrons. The van der Waals surface area contributed by atoms with Crippen molar-refractivity contribution in [2.24, 2.45) is 0 Å². The van der Waals surface area contributed by atoms with Crippen LogP contribution in [0.15, 0.2) is 6.07 Å². The number of hydrogen-bond acceptors (Lipinski definition) is 5. The molecule has 6 nitrogen and oxygen atoms in total. The zero-order chi connectivity index (χ0) is 9.26. The maximum absolute atomic E-state index is 5.05. The van der Waals surface area contributed by atoms with Crippen LogP contribution in [-0.2, 0) is 0 Å². The van der Waals surface area contributed by atoms with Gasteiger partial charge < -0.3 is 9.47 Å². The predicted molar refractivity (Wildman–Crippen MR) is 42.7 cm³/mol. The van der Waals surface area contributed by atoms with Crippen molar-refractivity contribution in [3.8, 4) is 11.8 Å². The van der Waals surface area contributed by atoms with Crippen molar-refractivity contribution in [2.75, 3.05) is 14.2 Å². The van der Waals surface area contributed by atoms with Crippen molar-refractivity contribution in [3.63, 3.8) is 0 Å². The van der Waals surface area contributed by atoms with Crippen LogP contribution in [0.25, 0.3) is 5.78 Å². The highest BCUT2D eigenvalue weighted by Gasteiger charge is 2.07. The molecule has 2 aromatic heterocycles. The van der Waals surface area contributed by atoms with Crippen LogP contribution in [-0.4, -0.2) is 33.8 Å². The van der Waals surface area contributed by atoms with Crippen molar-refractivity contribution in [3.05, 3.63) is 12.4 Å². The van der Waals surface area contributed by atoms with Gasteiger partial charge in [0.2, 0.25) is 18.1 Å². The summed E-state index contributed by atoms with van der Waals surface area (Å²) in [6.45, 7) is 0. The normalized spacial score (nSPS) is 10.3. The third-order valence-corrected chi connectivity index (χ3v) is 1.57. The number of fused-ring (bicyclic) bond motifs is 1. The first-order chi connectivity index (χ1) is 6.35. The maximum atomic E-state index is 5.05. The van der Waals surface area contributed by atoms with Crippen molar-refractivity contribution < 1.29 is 9.47 Å². The Balaban J connectivity index is 2.70. The van der Waals surface area contributed by atoms with E-state index in [1.54, 1.807) is 6.07 Å². The lowest BCUT2D eigenvalue weighted by atomic mass is 10.6. The van der Waals surface area contributed by atoms with Gasteiger partial charge in [-0.25, -0.2) is 0 Å². The van der Waals surface area contributed by atoms with Crippen LogP contribution < -0.4 is 9.47 Å². The molecule has 2 heterocycles. The Hall–Kier alpha value is -1.85. The topological polar surface area (TPSA) is 61.5 Å². The largest absolute Gasteiger partial charge is 0.481 e. The van der Waals surface area contributed by atoms with Gasteiger partial charge >= 0.3 is 0 Å². The second-order valence-corrected chi connectivity index (χ2v) is 2.26. The van der Waals surface area contributed by atoms with Gasteiger partial charge in [0.15, 0.2) is 0 Å². The highest BCUT2D eigenvalue weighted by molar-refractivity contribution is 5.35.